The molecule has 0 bridgehead atoms. The number of carbonyl (C=O) groups is 1. The summed E-state index contributed by atoms with van der Waals surface area (Å²) >= 11 is 0. The van der Waals surface area contributed by atoms with Crippen LogP contribution in [0.25, 0.3) is 0 Å². The van der Waals surface area contributed by atoms with Crippen molar-refractivity contribution < 1.29 is 13.2 Å². The molecule has 1 saturated heterocycles. The highest BCUT2D eigenvalue weighted by molar-refractivity contribution is 7.89. The summed E-state index contributed by atoms with van der Waals surface area (Å²) in [5, 5.41) is 7.93. The number of nitrogens with zero attached hydrogens (tertiary/aromatic N) is 1. The lowest BCUT2D eigenvalue weighted by Crippen LogP contribution is -2.30. The monoisotopic (exact) mass is 325 g/mol. The molecule has 0 aromatic heterocycles. The van der Waals surface area contributed by atoms with Crippen LogP contribution in [0, 0.1) is 0 Å². The number of primary sulfonamides is 1. The summed E-state index contributed by atoms with van der Waals surface area (Å²) in [6.45, 7) is 3.58. The van der Waals surface area contributed by atoms with Gasteiger partial charge in [0.25, 0.3) is 0 Å². The fourth-order valence-corrected chi connectivity index (χ4v) is 3.06. The Morgan fingerprint density at radius 1 is 1.18 bits per heavy atom. The van der Waals surface area contributed by atoms with E-state index < -0.39 is 10.0 Å². The van der Waals surface area contributed by atoms with Crippen LogP contribution < -0.4 is 10.5 Å². The quantitative estimate of drug-likeness (QED) is 0.762. The molecular weight excluding hydrogens is 302 g/mol. The van der Waals surface area contributed by atoms with Crippen molar-refractivity contribution in [2.75, 3.05) is 26.2 Å². The number of hydrogen-bond donors (Lipinski definition) is 2. The van der Waals surface area contributed by atoms with Crippen molar-refractivity contribution in [1.82, 2.24) is 10.2 Å². The first-order valence-corrected chi connectivity index (χ1v) is 9.10. The van der Waals surface area contributed by atoms with Crippen LogP contribution in [0.1, 0.15) is 24.8 Å². The minimum atomic E-state index is -3.64. The van der Waals surface area contributed by atoms with Crippen molar-refractivity contribution in [3.05, 3.63) is 29.8 Å². The van der Waals surface area contributed by atoms with Gasteiger partial charge in [-0.05, 0) is 50.0 Å². The predicted octanol–water partition coefficient (Wildman–Crippen LogP) is 0.479. The molecule has 7 heteroatoms. The number of nitrogens with one attached hydrogen (secondary N) is 1. The maximum atomic E-state index is 11.7. The van der Waals surface area contributed by atoms with E-state index in [4.69, 9.17) is 5.14 Å². The normalized spacial score (nSPS) is 15.9. The Morgan fingerprint density at radius 3 is 2.41 bits per heavy atom. The summed E-state index contributed by atoms with van der Waals surface area (Å²) < 4.78 is 22.3. The third kappa shape index (κ3) is 5.40. The molecule has 2 rings (SSSR count). The second kappa shape index (κ2) is 7.71. The molecule has 3 N–H and O–H groups in total. The molecule has 122 valence electrons. The van der Waals surface area contributed by atoms with Gasteiger partial charge in [-0.1, -0.05) is 12.1 Å². The van der Waals surface area contributed by atoms with Gasteiger partial charge in [-0.25, -0.2) is 13.6 Å². The third-order valence-corrected chi connectivity index (χ3v) is 4.77. The molecular formula is C15H23N3O3S. The lowest BCUT2D eigenvalue weighted by atomic mass is 10.1. The predicted molar refractivity (Wildman–Crippen MR) is 84.8 cm³/mol. The fourth-order valence-electron chi connectivity index (χ4n) is 2.55. The topological polar surface area (TPSA) is 92.5 Å². The Labute approximate surface area is 131 Å². The summed E-state index contributed by atoms with van der Waals surface area (Å²) in [7, 11) is -3.64. The SMILES string of the molecule is NS(=O)(=O)c1ccc(CCNC(=O)CCN2CCCC2)cc1. The van der Waals surface area contributed by atoms with Crippen LogP contribution in [0.15, 0.2) is 29.2 Å². The number of likely N-dealkylation sites (tertiary alicyclic amines) is 1. The number of hydrogen-bond acceptors (Lipinski definition) is 4. The number of rotatable bonds is 7. The number of amides is 1. The fraction of sp³-hybridized carbons (Fsp3) is 0.533. The van der Waals surface area contributed by atoms with Gasteiger partial charge in [0.1, 0.15) is 0 Å². The van der Waals surface area contributed by atoms with Crippen LogP contribution in [0.5, 0.6) is 0 Å². The maximum absolute atomic E-state index is 11.7. The lowest BCUT2D eigenvalue weighted by molar-refractivity contribution is -0.121. The molecule has 22 heavy (non-hydrogen) atoms. The highest BCUT2D eigenvalue weighted by atomic mass is 32.2. The highest BCUT2D eigenvalue weighted by Crippen LogP contribution is 2.09. The van der Waals surface area contributed by atoms with Gasteiger partial charge < -0.3 is 10.2 Å². The Bertz CT molecular complexity index is 593. The number of sulfonamides is 1. The molecule has 1 aromatic rings. The van der Waals surface area contributed by atoms with E-state index in [1.165, 1.54) is 25.0 Å². The molecule has 1 heterocycles. The van der Waals surface area contributed by atoms with Crippen LogP contribution in [-0.4, -0.2) is 45.4 Å². The highest BCUT2D eigenvalue weighted by Gasteiger charge is 2.12. The zero-order chi connectivity index (χ0) is 16.0. The molecule has 6 nitrogen and oxygen atoms in total. The number of nitrogens with two attached hydrogens (primary N) is 1. The van der Waals surface area contributed by atoms with E-state index in [9.17, 15) is 13.2 Å². The van der Waals surface area contributed by atoms with Gasteiger partial charge in [0.15, 0.2) is 0 Å². The minimum Gasteiger partial charge on any atom is -0.356 e. The van der Waals surface area contributed by atoms with E-state index in [0.717, 1.165) is 25.2 Å². The average molecular weight is 325 g/mol. The van der Waals surface area contributed by atoms with Crippen LogP contribution in [0.2, 0.25) is 0 Å². The van der Waals surface area contributed by atoms with Gasteiger partial charge in [0.2, 0.25) is 15.9 Å². The van der Waals surface area contributed by atoms with Crippen LogP contribution in [0.4, 0.5) is 0 Å². The van der Waals surface area contributed by atoms with E-state index in [1.807, 2.05) is 0 Å². The molecule has 0 spiro atoms. The van der Waals surface area contributed by atoms with Crippen molar-refractivity contribution in [3.63, 3.8) is 0 Å². The van der Waals surface area contributed by atoms with Crippen molar-refractivity contribution in [2.24, 2.45) is 5.14 Å². The first-order chi connectivity index (χ1) is 10.4. The lowest BCUT2D eigenvalue weighted by Gasteiger charge is -2.13. The van der Waals surface area contributed by atoms with Gasteiger partial charge in [0, 0.05) is 19.5 Å². The Hall–Kier alpha value is -1.44. The molecule has 1 aliphatic rings. The number of benzene rings is 1. The van der Waals surface area contributed by atoms with Gasteiger partial charge in [-0.15, -0.1) is 0 Å². The van der Waals surface area contributed by atoms with Crippen LogP contribution >= 0.6 is 0 Å². The zero-order valence-electron chi connectivity index (χ0n) is 12.6. The van der Waals surface area contributed by atoms with E-state index in [0.29, 0.717) is 19.4 Å². The first kappa shape index (κ1) is 16.9. The largest absolute Gasteiger partial charge is 0.356 e. The summed E-state index contributed by atoms with van der Waals surface area (Å²) in [6.07, 6.45) is 3.66. The van der Waals surface area contributed by atoms with Crippen molar-refractivity contribution >= 4 is 15.9 Å². The second-order valence-electron chi connectivity index (χ2n) is 5.59. The summed E-state index contributed by atoms with van der Waals surface area (Å²) in [5.41, 5.74) is 0.965. The Balaban J connectivity index is 1.68. The molecule has 0 radical (unpaired) electrons. The Kier molecular flexibility index (Phi) is 5.93. The standard InChI is InChI=1S/C15H23N3O3S/c16-22(20,21)14-5-3-13(4-6-14)7-9-17-15(19)8-12-18-10-1-2-11-18/h3-6H,1-2,7-12H2,(H,17,19)(H2,16,20,21). The molecule has 0 atom stereocenters. The molecule has 1 amide bonds. The molecule has 0 unspecified atom stereocenters. The summed E-state index contributed by atoms with van der Waals surface area (Å²) in [5.74, 6) is 0.0630. The maximum Gasteiger partial charge on any atom is 0.238 e. The van der Waals surface area contributed by atoms with Crippen LogP contribution in [-0.2, 0) is 21.2 Å². The first-order valence-electron chi connectivity index (χ1n) is 7.56. The van der Waals surface area contributed by atoms with Crippen molar-refractivity contribution in [2.45, 2.75) is 30.6 Å². The summed E-state index contributed by atoms with van der Waals surface area (Å²) in [4.78, 5) is 14.2. The second-order valence-corrected chi connectivity index (χ2v) is 7.15. The molecule has 0 saturated carbocycles. The van der Waals surface area contributed by atoms with Gasteiger partial charge >= 0.3 is 0 Å². The van der Waals surface area contributed by atoms with E-state index in [2.05, 4.69) is 10.2 Å². The molecule has 0 aliphatic carbocycles. The van der Waals surface area contributed by atoms with Gasteiger partial charge in [0.05, 0.1) is 4.90 Å². The molecule has 1 aliphatic heterocycles. The molecule has 1 aromatic carbocycles. The smallest absolute Gasteiger partial charge is 0.238 e. The van der Waals surface area contributed by atoms with Crippen molar-refractivity contribution in [3.8, 4) is 0 Å². The zero-order valence-corrected chi connectivity index (χ0v) is 13.4. The minimum absolute atomic E-state index is 0.0630. The van der Waals surface area contributed by atoms with Gasteiger partial charge in [-0.2, -0.15) is 0 Å². The number of carbonyl (C=O) groups excluding carboxylic acids is 1. The van der Waals surface area contributed by atoms with Crippen LogP contribution in [0.3, 0.4) is 0 Å². The van der Waals surface area contributed by atoms with E-state index in [-0.39, 0.29) is 10.8 Å². The summed E-state index contributed by atoms with van der Waals surface area (Å²) in [6, 6.07) is 6.41. The average Bonchev–Trinajstić information content (AvgIpc) is 2.98. The Morgan fingerprint density at radius 2 is 1.82 bits per heavy atom. The molecule has 1 fully saturated rings. The third-order valence-electron chi connectivity index (χ3n) is 3.84. The van der Waals surface area contributed by atoms with Gasteiger partial charge in [-0.3, -0.25) is 4.79 Å². The van der Waals surface area contributed by atoms with E-state index in [1.54, 1.807) is 12.1 Å². The van der Waals surface area contributed by atoms with E-state index >= 15 is 0 Å². The van der Waals surface area contributed by atoms with Crippen molar-refractivity contribution in [1.29, 1.82) is 0 Å².